The van der Waals surface area contributed by atoms with Crippen LogP contribution >= 0.6 is 35.0 Å². The molecule has 0 saturated heterocycles. The fraction of sp³-hybridized carbons (Fsp3) is 0.360. The number of benzene rings is 2. The summed E-state index contributed by atoms with van der Waals surface area (Å²) in [4.78, 5) is 37.1. The molecule has 202 valence electrons. The molecule has 0 bridgehead atoms. The van der Waals surface area contributed by atoms with Gasteiger partial charge in [-0.1, -0.05) is 74.3 Å². The average molecular weight is 580 g/mol. The Morgan fingerprint density at radius 3 is 2.42 bits per heavy atom. The third-order valence-corrected chi connectivity index (χ3v) is 7.87. The molecule has 1 amide bonds. The highest BCUT2D eigenvalue weighted by atomic mass is 35.5. The molecule has 0 aliphatic heterocycles. The first-order valence-corrected chi connectivity index (χ1v) is 13.2. The largest absolute Gasteiger partial charge is 0.481 e. The zero-order valence-corrected chi connectivity index (χ0v) is 23.3. The van der Waals surface area contributed by atoms with Crippen LogP contribution in [0, 0.1) is 0 Å². The van der Waals surface area contributed by atoms with Crippen molar-refractivity contribution in [3.05, 3.63) is 63.6 Å². The van der Waals surface area contributed by atoms with Gasteiger partial charge in [0.2, 0.25) is 5.16 Å². The fourth-order valence-electron chi connectivity index (χ4n) is 3.30. The van der Waals surface area contributed by atoms with Crippen LogP contribution in [0.4, 0.5) is 4.79 Å². The van der Waals surface area contributed by atoms with Crippen molar-refractivity contribution >= 4 is 52.8 Å². The second kappa shape index (κ2) is 13.1. The van der Waals surface area contributed by atoms with Gasteiger partial charge in [-0.05, 0) is 57.3 Å². The number of carboxylic acids is 1. The smallest absolute Gasteiger partial charge is 0.408 e. The number of Topliss-reactive ketones (excluding diaryl/α,β-unsaturated/α-hetero) is 1. The Balaban J connectivity index is 1.71. The van der Waals surface area contributed by atoms with Gasteiger partial charge in [0.1, 0.15) is 19.2 Å². The SMILES string of the molecule is CCC(C)(C)c1cc(Cl)c(Sc2nnnn2CC(=O)C(CC(=O)O)NC(=O)OCc2ccccc2)c(Cl)c1. The number of carbonyl (C=O) groups excluding carboxylic acids is 2. The van der Waals surface area contributed by atoms with Crippen molar-refractivity contribution < 1.29 is 24.2 Å². The molecule has 0 fully saturated rings. The van der Waals surface area contributed by atoms with Crippen molar-refractivity contribution in [2.24, 2.45) is 0 Å². The Morgan fingerprint density at radius 2 is 1.82 bits per heavy atom. The van der Waals surface area contributed by atoms with Gasteiger partial charge in [-0.3, -0.25) is 9.59 Å². The van der Waals surface area contributed by atoms with Crippen LogP contribution in [0.2, 0.25) is 10.0 Å². The molecule has 0 saturated carbocycles. The number of aliphatic carboxylic acids is 1. The van der Waals surface area contributed by atoms with E-state index in [1.807, 2.05) is 18.2 Å². The lowest BCUT2D eigenvalue weighted by molar-refractivity contribution is -0.139. The molecule has 1 atom stereocenters. The second-order valence-electron chi connectivity index (χ2n) is 9.05. The van der Waals surface area contributed by atoms with E-state index >= 15 is 0 Å². The molecule has 38 heavy (non-hydrogen) atoms. The normalized spacial score (nSPS) is 12.1. The molecule has 13 heteroatoms. The van der Waals surface area contributed by atoms with Crippen LogP contribution in [-0.2, 0) is 32.9 Å². The molecule has 1 unspecified atom stereocenters. The van der Waals surface area contributed by atoms with Crippen LogP contribution in [0.15, 0.2) is 52.5 Å². The number of carbonyl (C=O) groups is 3. The monoisotopic (exact) mass is 579 g/mol. The van der Waals surface area contributed by atoms with Crippen molar-refractivity contribution in [1.82, 2.24) is 25.5 Å². The number of halogens is 2. The molecular formula is C25H27Cl2N5O5S. The zero-order valence-electron chi connectivity index (χ0n) is 21.0. The Labute approximate surface area is 234 Å². The maximum Gasteiger partial charge on any atom is 0.408 e. The van der Waals surface area contributed by atoms with E-state index < -0.39 is 36.9 Å². The number of nitrogens with zero attached hydrogens (tertiary/aromatic N) is 4. The summed E-state index contributed by atoms with van der Waals surface area (Å²) in [6.45, 7) is 5.82. The summed E-state index contributed by atoms with van der Waals surface area (Å²) in [5.41, 5.74) is 1.59. The number of nitrogens with one attached hydrogen (secondary N) is 1. The highest BCUT2D eigenvalue weighted by molar-refractivity contribution is 7.99. The van der Waals surface area contributed by atoms with Gasteiger partial charge < -0.3 is 15.2 Å². The lowest BCUT2D eigenvalue weighted by Gasteiger charge is -2.24. The molecule has 0 aliphatic rings. The molecule has 0 aliphatic carbocycles. The minimum Gasteiger partial charge on any atom is -0.481 e. The summed E-state index contributed by atoms with van der Waals surface area (Å²) in [5, 5.41) is 24.0. The van der Waals surface area contributed by atoms with Crippen molar-refractivity contribution in [3.63, 3.8) is 0 Å². The Bertz CT molecular complexity index is 1280. The first kappa shape index (κ1) is 29.4. The van der Waals surface area contributed by atoms with Crippen LogP contribution < -0.4 is 5.32 Å². The van der Waals surface area contributed by atoms with Crippen LogP contribution in [0.5, 0.6) is 0 Å². The Morgan fingerprint density at radius 1 is 1.16 bits per heavy atom. The van der Waals surface area contributed by atoms with E-state index in [-0.39, 0.29) is 17.2 Å². The standard InChI is InChI=1S/C25H27Cl2N5O5S/c1-4-25(2,3)16-10-17(26)22(18(27)11-16)38-23-29-30-31-32(23)13-20(33)19(12-21(34)35)28-24(36)37-14-15-8-6-5-7-9-15/h5-11,19H,4,12-14H2,1-3H3,(H,28,36)(H,34,35). The number of rotatable bonds is 12. The summed E-state index contributed by atoms with van der Waals surface area (Å²) in [6.07, 6.45) is -0.679. The van der Waals surface area contributed by atoms with Crippen LogP contribution in [0.3, 0.4) is 0 Å². The summed E-state index contributed by atoms with van der Waals surface area (Å²) >= 11 is 14.1. The van der Waals surface area contributed by atoms with Crippen LogP contribution in [0.1, 0.15) is 44.7 Å². The van der Waals surface area contributed by atoms with Crippen molar-refractivity contribution in [3.8, 4) is 0 Å². The Kier molecular flexibility index (Phi) is 10.1. The minimum atomic E-state index is -1.36. The average Bonchev–Trinajstić information content (AvgIpc) is 3.31. The summed E-state index contributed by atoms with van der Waals surface area (Å²) in [7, 11) is 0. The molecule has 10 nitrogen and oxygen atoms in total. The van der Waals surface area contributed by atoms with Crippen molar-refractivity contribution in [1.29, 1.82) is 0 Å². The number of hydrogen-bond acceptors (Lipinski definition) is 8. The number of ether oxygens (including phenoxy) is 1. The lowest BCUT2D eigenvalue weighted by Crippen LogP contribution is -2.44. The van der Waals surface area contributed by atoms with Gasteiger partial charge in [-0.2, -0.15) is 0 Å². The van der Waals surface area contributed by atoms with Gasteiger partial charge in [0, 0.05) is 0 Å². The predicted octanol–water partition coefficient (Wildman–Crippen LogP) is 5.16. The number of amides is 1. The molecular weight excluding hydrogens is 553 g/mol. The lowest BCUT2D eigenvalue weighted by atomic mass is 9.82. The summed E-state index contributed by atoms with van der Waals surface area (Å²) < 4.78 is 6.31. The number of ketones is 1. The maximum atomic E-state index is 13.0. The van der Waals surface area contributed by atoms with E-state index in [0.717, 1.165) is 29.3 Å². The van der Waals surface area contributed by atoms with Gasteiger partial charge in [0.15, 0.2) is 5.78 Å². The number of alkyl carbamates (subject to hydrolysis) is 1. The molecule has 1 heterocycles. The second-order valence-corrected chi connectivity index (χ2v) is 10.8. The van der Waals surface area contributed by atoms with Gasteiger partial charge in [-0.25, -0.2) is 9.48 Å². The molecule has 1 aromatic heterocycles. The van der Waals surface area contributed by atoms with E-state index in [1.54, 1.807) is 24.3 Å². The van der Waals surface area contributed by atoms with Gasteiger partial charge in [0.05, 0.1) is 21.4 Å². The van der Waals surface area contributed by atoms with E-state index in [9.17, 15) is 19.5 Å². The van der Waals surface area contributed by atoms with E-state index in [0.29, 0.717) is 14.9 Å². The highest BCUT2D eigenvalue weighted by Crippen LogP contribution is 2.41. The van der Waals surface area contributed by atoms with E-state index in [1.165, 1.54) is 4.68 Å². The van der Waals surface area contributed by atoms with Crippen LogP contribution in [-0.4, -0.2) is 49.2 Å². The van der Waals surface area contributed by atoms with Gasteiger partial charge >= 0.3 is 12.1 Å². The molecule has 2 N–H and O–H groups in total. The number of aromatic nitrogens is 4. The number of hydrogen-bond donors (Lipinski definition) is 2. The van der Waals surface area contributed by atoms with Gasteiger partial charge in [-0.15, -0.1) is 5.10 Å². The number of carboxylic acid groups (broad SMARTS) is 1. The topological polar surface area (TPSA) is 136 Å². The predicted molar refractivity (Wildman–Crippen MR) is 143 cm³/mol. The van der Waals surface area contributed by atoms with E-state index in [4.69, 9.17) is 27.9 Å². The first-order valence-electron chi connectivity index (χ1n) is 11.7. The molecule has 3 rings (SSSR count). The summed E-state index contributed by atoms with van der Waals surface area (Å²) in [5.74, 6) is -1.90. The van der Waals surface area contributed by atoms with Gasteiger partial charge in [0.25, 0.3) is 0 Å². The van der Waals surface area contributed by atoms with E-state index in [2.05, 4.69) is 41.6 Å². The third kappa shape index (κ3) is 7.92. The zero-order chi connectivity index (χ0) is 27.9. The third-order valence-electron chi connectivity index (χ3n) is 5.93. The minimum absolute atomic E-state index is 0.0375. The quantitative estimate of drug-likeness (QED) is 0.298. The maximum absolute atomic E-state index is 13.0. The van der Waals surface area contributed by atoms with Crippen molar-refractivity contribution in [2.75, 3.05) is 0 Å². The molecule has 0 radical (unpaired) electrons. The highest BCUT2D eigenvalue weighted by Gasteiger charge is 2.27. The van der Waals surface area contributed by atoms with Crippen molar-refractivity contribution in [2.45, 2.75) is 68.3 Å². The molecule has 2 aromatic carbocycles. The summed E-state index contributed by atoms with van der Waals surface area (Å²) in [6, 6.07) is 11.2. The van der Waals surface area contributed by atoms with Crippen LogP contribution in [0.25, 0.3) is 0 Å². The number of tetrazole rings is 1. The first-order chi connectivity index (χ1) is 18.0. The fourth-order valence-corrected chi connectivity index (χ4v) is 4.79. The molecule has 0 spiro atoms. The molecule has 3 aromatic rings. The Hall–Kier alpha value is -3.15.